The lowest BCUT2D eigenvalue weighted by Gasteiger charge is -2.35. The lowest BCUT2D eigenvalue weighted by Crippen LogP contribution is -2.34. The molecule has 0 radical (unpaired) electrons. The van der Waals surface area contributed by atoms with Crippen LogP contribution in [0, 0.1) is 0 Å². The highest BCUT2D eigenvalue weighted by Crippen LogP contribution is 2.27. The first-order chi connectivity index (χ1) is 3.95. The summed E-state index contributed by atoms with van der Waals surface area (Å²) in [7, 11) is 0. The molecule has 46 valence electrons. The van der Waals surface area contributed by atoms with Gasteiger partial charge in [-0.2, -0.15) is 0 Å². The van der Waals surface area contributed by atoms with E-state index in [4.69, 9.17) is 0 Å². The van der Waals surface area contributed by atoms with E-state index in [0.29, 0.717) is 12.1 Å². The molecule has 0 aromatic rings. The van der Waals surface area contributed by atoms with Gasteiger partial charge >= 0.3 is 0 Å². The number of fused-ring (bicyclic) bond motifs is 2. The molecule has 0 aromatic carbocycles. The normalized spacial score (nSPS) is 45.0. The van der Waals surface area contributed by atoms with Gasteiger partial charge in [-0.25, -0.2) is 0 Å². The summed E-state index contributed by atoms with van der Waals surface area (Å²) in [4.78, 5) is 0. The number of rotatable bonds is 0. The third kappa shape index (κ3) is 0.644. The number of nitrogens with zero attached hydrogens (tertiary/aromatic N) is 1. The third-order valence-electron chi connectivity index (χ3n) is 2.01. The predicted octanol–water partition coefficient (Wildman–Crippen LogP) is 0.494. The SMILES string of the molecule is C1CC2CNCC1[N-]2. The van der Waals surface area contributed by atoms with Gasteiger partial charge in [-0.15, -0.1) is 12.1 Å². The molecule has 2 atom stereocenters. The van der Waals surface area contributed by atoms with Crippen molar-refractivity contribution in [3.8, 4) is 0 Å². The molecule has 2 rings (SSSR count). The van der Waals surface area contributed by atoms with Crippen molar-refractivity contribution in [2.75, 3.05) is 13.1 Å². The van der Waals surface area contributed by atoms with Crippen molar-refractivity contribution < 1.29 is 0 Å². The Morgan fingerprint density at radius 3 is 2.25 bits per heavy atom. The van der Waals surface area contributed by atoms with E-state index in [1.807, 2.05) is 0 Å². The Morgan fingerprint density at radius 1 is 1.12 bits per heavy atom. The standard InChI is InChI=1S/C6H11N2/c1-2-6-4-7-3-5(1)8-6/h5-7H,1-4H2/q-1. The molecule has 2 aliphatic heterocycles. The van der Waals surface area contributed by atoms with Gasteiger partial charge in [-0.1, -0.05) is 12.8 Å². The van der Waals surface area contributed by atoms with E-state index in [2.05, 4.69) is 10.6 Å². The monoisotopic (exact) mass is 111 g/mol. The van der Waals surface area contributed by atoms with Gasteiger partial charge < -0.3 is 10.6 Å². The van der Waals surface area contributed by atoms with Gasteiger partial charge in [0.2, 0.25) is 0 Å². The molecule has 2 fully saturated rings. The minimum Gasteiger partial charge on any atom is -0.655 e. The molecule has 2 saturated heterocycles. The van der Waals surface area contributed by atoms with Crippen molar-refractivity contribution in [2.24, 2.45) is 0 Å². The van der Waals surface area contributed by atoms with E-state index < -0.39 is 0 Å². The van der Waals surface area contributed by atoms with Crippen molar-refractivity contribution in [1.29, 1.82) is 0 Å². The zero-order valence-corrected chi connectivity index (χ0v) is 4.93. The van der Waals surface area contributed by atoms with Crippen LogP contribution in [0.4, 0.5) is 0 Å². The smallest absolute Gasteiger partial charge is 0.0210 e. The van der Waals surface area contributed by atoms with E-state index in [1.165, 1.54) is 12.8 Å². The average molecular weight is 111 g/mol. The summed E-state index contributed by atoms with van der Waals surface area (Å²) in [5, 5.41) is 7.88. The first-order valence-corrected chi connectivity index (χ1v) is 3.36. The van der Waals surface area contributed by atoms with E-state index in [-0.39, 0.29) is 0 Å². The average Bonchev–Trinajstić information content (AvgIpc) is 2.12. The molecular formula is C6H11N2-. The number of piperazine rings is 1. The molecule has 1 N–H and O–H groups in total. The molecule has 2 unspecified atom stereocenters. The summed E-state index contributed by atoms with van der Waals surface area (Å²) >= 11 is 0. The number of hydrogen-bond donors (Lipinski definition) is 1. The van der Waals surface area contributed by atoms with Crippen molar-refractivity contribution in [1.82, 2.24) is 5.32 Å². The van der Waals surface area contributed by atoms with Crippen molar-refractivity contribution in [3.63, 3.8) is 0 Å². The lowest BCUT2D eigenvalue weighted by atomic mass is 10.2. The Hall–Kier alpha value is -0.0800. The van der Waals surface area contributed by atoms with Gasteiger partial charge in [-0.05, 0) is 13.1 Å². The molecule has 2 nitrogen and oxygen atoms in total. The predicted molar refractivity (Wildman–Crippen MR) is 33.0 cm³/mol. The second kappa shape index (κ2) is 1.71. The largest absolute Gasteiger partial charge is 0.655 e. The Morgan fingerprint density at radius 2 is 1.75 bits per heavy atom. The van der Waals surface area contributed by atoms with Crippen LogP contribution < -0.4 is 5.32 Å². The van der Waals surface area contributed by atoms with E-state index in [1.54, 1.807) is 0 Å². The van der Waals surface area contributed by atoms with Gasteiger partial charge in [0.1, 0.15) is 0 Å². The molecule has 2 heteroatoms. The third-order valence-corrected chi connectivity index (χ3v) is 2.01. The fourth-order valence-electron chi connectivity index (χ4n) is 1.56. The summed E-state index contributed by atoms with van der Waals surface area (Å²) in [6.07, 6.45) is 2.66. The second-order valence-electron chi connectivity index (χ2n) is 2.69. The maximum absolute atomic E-state index is 4.53. The van der Waals surface area contributed by atoms with Crippen LogP contribution in [0.3, 0.4) is 0 Å². The quantitative estimate of drug-likeness (QED) is 0.484. The zero-order valence-electron chi connectivity index (χ0n) is 4.93. The van der Waals surface area contributed by atoms with Crippen molar-refractivity contribution >= 4 is 0 Å². The van der Waals surface area contributed by atoms with Gasteiger partial charge in [0, 0.05) is 0 Å². The highest BCUT2D eigenvalue weighted by atomic mass is 15.1. The first-order valence-electron chi connectivity index (χ1n) is 3.36. The van der Waals surface area contributed by atoms with Crippen LogP contribution in [0.5, 0.6) is 0 Å². The molecular weight excluding hydrogens is 100 g/mol. The van der Waals surface area contributed by atoms with Gasteiger partial charge in [0.05, 0.1) is 0 Å². The topological polar surface area (TPSA) is 26.1 Å². The summed E-state index contributed by atoms with van der Waals surface area (Å²) < 4.78 is 0. The van der Waals surface area contributed by atoms with Crippen LogP contribution in [0.1, 0.15) is 12.8 Å². The molecule has 2 aliphatic rings. The van der Waals surface area contributed by atoms with Gasteiger partial charge in [0.25, 0.3) is 0 Å². The van der Waals surface area contributed by atoms with Crippen LogP contribution in [0.25, 0.3) is 5.32 Å². The Kier molecular flexibility index (Phi) is 1.02. The van der Waals surface area contributed by atoms with Crippen molar-refractivity contribution in [2.45, 2.75) is 24.9 Å². The highest BCUT2D eigenvalue weighted by Gasteiger charge is 2.15. The van der Waals surface area contributed by atoms with Crippen molar-refractivity contribution in [3.05, 3.63) is 5.32 Å². The first kappa shape index (κ1) is 4.77. The molecule has 0 aliphatic carbocycles. The summed E-state index contributed by atoms with van der Waals surface area (Å²) in [5.41, 5.74) is 0. The van der Waals surface area contributed by atoms with Crippen LogP contribution in [-0.4, -0.2) is 25.2 Å². The summed E-state index contributed by atoms with van der Waals surface area (Å²) in [6.45, 7) is 2.27. The Balaban J connectivity index is 2.03. The van der Waals surface area contributed by atoms with E-state index >= 15 is 0 Å². The number of nitrogens with one attached hydrogen (secondary N) is 1. The Bertz CT molecular complexity index is 78.5. The van der Waals surface area contributed by atoms with E-state index in [9.17, 15) is 0 Å². The maximum atomic E-state index is 4.53. The molecule has 8 heavy (non-hydrogen) atoms. The van der Waals surface area contributed by atoms with Crippen LogP contribution in [-0.2, 0) is 0 Å². The zero-order chi connectivity index (χ0) is 5.40. The van der Waals surface area contributed by atoms with Crippen LogP contribution >= 0.6 is 0 Å². The maximum Gasteiger partial charge on any atom is -0.0210 e. The Labute approximate surface area is 49.7 Å². The molecule has 2 heterocycles. The number of hydrogen-bond acceptors (Lipinski definition) is 1. The van der Waals surface area contributed by atoms with E-state index in [0.717, 1.165) is 13.1 Å². The fourth-order valence-corrected chi connectivity index (χ4v) is 1.56. The molecule has 0 aromatic heterocycles. The minimum atomic E-state index is 0.675. The van der Waals surface area contributed by atoms with Gasteiger partial charge in [-0.3, -0.25) is 0 Å². The molecule has 0 amide bonds. The molecule has 2 bridgehead atoms. The van der Waals surface area contributed by atoms with Crippen LogP contribution in [0.15, 0.2) is 0 Å². The second-order valence-corrected chi connectivity index (χ2v) is 2.69. The molecule has 0 spiro atoms. The van der Waals surface area contributed by atoms with Gasteiger partial charge in [0.15, 0.2) is 0 Å². The lowest BCUT2D eigenvalue weighted by molar-refractivity contribution is 0.581. The highest BCUT2D eigenvalue weighted by molar-refractivity contribution is 5.11. The van der Waals surface area contributed by atoms with Crippen LogP contribution in [0.2, 0.25) is 0 Å². The fraction of sp³-hybridized carbons (Fsp3) is 1.00. The molecule has 0 saturated carbocycles. The summed E-state index contributed by atoms with van der Waals surface area (Å²) in [5.74, 6) is 0. The minimum absolute atomic E-state index is 0.675. The summed E-state index contributed by atoms with van der Waals surface area (Å²) in [6, 6.07) is 1.35.